The number of ether oxygens (including phenoxy) is 6. The van der Waals surface area contributed by atoms with E-state index < -0.39 is 0 Å². The lowest BCUT2D eigenvalue weighted by molar-refractivity contribution is -0.116. The molecule has 0 atom stereocenters. The molecule has 0 aromatic heterocycles. The van der Waals surface area contributed by atoms with Gasteiger partial charge in [0.25, 0.3) is 0 Å². The molecular formula is C64H103NO7. The molecule has 4 aromatic carbocycles. The summed E-state index contributed by atoms with van der Waals surface area (Å²) >= 11 is 0. The molecule has 0 spiro atoms. The fourth-order valence-corrected chi connectivity index (χ4v) is 9.65. The van der Waals surface area contributed by atoms with Crippen molar-refractivity contribution in [1.29, 1.82) is 0 Å². The van der Waals surface area contributed by atoms with Crippen LogP contribution in [-0.2, 0) is 4.79 Å². The smallest absolute Gasteiger partial charge is 0.224 e. The molecule has 8 nitrogen and oxygen atoms in total. The van der Waals surface area contributed by atoms with E-state index in [1.165, 1.54) is 70.6 Å². The first kappa shape index (κ1) is 60.5. The van der Waals surface area contributed by atoms with Crippen LogP contribution in [0.15, 0.2) is 30.3 Å². The van der Waals surface area contributed by atoms with Crippen molar-refractivity contribution in [2.75, 3.05) is 45.0 Å². The minimum Gasteiger partial charge on any atom is -0.490 e. The third-order valence-corrected chi connectivity index (χ3v) is 14.1. The second-order valence-corrected chi connectivity index (χ2v) is 20.6. The van der Waals surface area contributed by atoms with Gasteiger partial charge in [0.2, 0.25) is 5.91 Å². The predicted octanol–water partition coefficient (Wildman–Crippen LogP) is 20.0. The molecule has 8 heteroatoms. The second-order valence-electron chi connectivity index (χ2n) is 20.6. The molecule has 1 amide bonds. The van der Waals surface area contributed by atoms with Crippen molar-refractivity contribution in [1.82, 2.24) is 0 Å². The van der Waals surface area contributed by atoms with E-state index in [2.05, 4.69) is 84.1 Å². The Hall–Kier alpha value is -4.07. The van der Waals surface area contributed by atoms with Crippen LogP contribution in [0.4, 0.5) is 5.69 Å². The largest absolute Gasteiger partial charge is 0.490 e. The molecule has 0 heterocycles. The van der Waals surface area contributed by atoms with E-state index in [0.29, 0.717) is 63.2 Å². The van der Waals surface area contributed by atoms with Crippen molar-refractivity contribution < 1.29 is 33.2 Å². The third kappa shape index (κ3) is 21.0. The summed E-state index contributed by atoms with van der Waals surface area (Å²) < 4.78 is 40.8. The minimum absolute atomic E-state index is 0.00335. The Bertz CT molecular complexity index is 2020. The fraction of sp³-hybridized carbons (Fsp3) is 0.703. The first-order chi connectivity index (χ1) is 35.5. The van der Waals surface area contributed by atoms with Gasteiger partial charge in [-0.1, -0.05) is 203 Å². The van der Waals surface area contributed by atoms with Crippen LogP contribution in [0.3, 0.4) is 0 Å². The quantitative estimate of drug-likeness (QED) is 0.0349. The number of nitrogens with one attached hydrogen (secondary N) is 1. The number of carbonyl (C=O) groups excluding carboxylic acids is 1. The van der Waals surface area contributed by atoms with Gasteiger partial charge in [0.05, 0.1) is 45.3 Å². The summed E-state index contributed by atoms with van der Waals surface area (Å²) in [5.74, 6) is 4.26. The summed E-state index contributed by atoms with van der Waals surface area (Å²) in [6, 6.07) is 11.0. The van der Waals surface area contributed by atoms with Gasteiger partial charge < -0.3 is 33.7 Å². The van der Waals surface area contributed by atoms with E-state index in [9.17, 15) is 4.79 Å². The number of amides is 1. The summed E-state index contributed by atoms with van der Waals surface area (Å²) in [4.78, 5) is 14.5. The van der Waals surface area contributed by atoms with Crippen molar-refractivity contribution >= 4 is 43.9 Å². The zero-order valence-electron chi connectivity index (χ0n) is 47.1. The van der Waals surface area contributed by atoms with Gasteiger partial charge in [0, 0.05) is 11.8 Å². The molecule has 1 N–H and O–H groups in total. The normalized spacial score (nSPS) is 11.5. The highest BCUT2D eigenvalue weighted by Crippen LogP contribution is 2.51. The number of fused-ring (bicyclic) bond motifs is 6. The van der Waals surface area contributed by atoms with E-state index in [1.54, 1.807) is 0 Å². The van der Waals surface area contributed by atoms with Crippen LogP contribution in [0, 0.1) is 0 Å². The molecular weight excluding hydrogens is 895 g/mol. The highest BCUT2D eigenvalue weighted by atomic mass is 16.5. The Morgan fingerprint density at radius 3 is 0.944 bits per heavy atom. The topological polar surface area (TPSA) is 84.5 Å². The standard InChI is InChI=1S/C64H103NO7/c1-8-15-22-29-30-31-32-39-61(66)65-63-62-54-49-59(70-43-36-26-19-12-5)58(69-42-35-25-18-11-4)47-52(54)51-46-56(67-40-33-23-16-9-2)57(68-41-34-24-17-10-3)48-53(51)55(62)50-60(71-44-37-27-20-13-6)64(63)72-45-38-28-21-14-7/h46-50H,8-45H2,1-7H3,(H,65,66). The number of hydrogen-bond donors (Lipinski definition) is 1. The highest BCUT2D eigenvalue weighted by Gasteiger charge is 2.26. The molecule has 406 valence electrons. The van der Waals surface area contributed by atoms with Crippen LogP contribution in [0.25, 0.3) is 32.3 Å². The van der Waals surface area contributed by atoms with E-state index in [1.807, 2.05) is 0 Å². The molecule has 0 radical (unpaired) electrons. The van der Waals surface area contributed by atoms with Gasteiger partial charge >= 0.3 is 0 Å². The summed E-state index contributed by atoms with van der Waals surface area (Å²) in [7, 11) is 0. The average Bonchev–Trinajstić information content (AvgIpc) is 3.38. The molecule has 0 aliphatic heterocycles. The number of hydrogen-bond acceptors (Lipinski definition) is 7. The van der Waals surface area contributed by atoms with Crippen molar-refractivity contribution in [3.05, 3.63) is 30.3 Å². The predicted molar refractivity (Wildman–Crippen MR) is 308 cm³/mol. The van der Waals surface area contributed by atoms with Crippen LogP contribution in [0.1, 0.15) is 254 Å². The maximum atomic E-state index is 14.5. The van der Waals surface area contributed by atoms with Crippen LogP contribution in [-0.4, -0.2) is 45.5 Å². The molecule has 0 saturated heterocycles. The summed E-state index contributed by atoms with van der Waals surface area (Å²) in [5.41, 5.74) is 0.673. The Balaban J connectivity index is 2.09. The van der Waals surface area contributed by atoms with Gasteiger partial charge in [-0.3, -0.25) is 4.79 Å². The van der Waals surface area contributed by atoms with Gasteiger partial charge in [-0.25, -0.2) is 0 Å². The molecule has 0 aliphatic rings. The molecule has 0 bridgehead atoms. The van der Waals surface area contributed by atoms with Gasteiger partial charge in [0.1, 0.15) is 0 Å². The monoisotopic (exact) mass is 998 g/mol. The van der Waals surface area contributed by atoms with Crippen LogP contribution in [0.5, 0.6) is 34.5 Å². The fourth-order valence-electron chi connectivity index (χ4n) is 9.65. The number of unbranched alkanes of at least 4 members (excludes halogenated alkanes) is 24. The lowest BCUT2D eigenvalue weighted by Crippen LogP contribution is -2.14. The first-order valence-electron chi connectivity index (χ1n) is 30.1. The summed E-state index contributed by atoms with van der Waals surface area (Å²) in [6.07, 6.45) is 34.9. The SMILES string of the molecule is CCCCCCCCCC(=O)Nc1c(OCCCCCC)c(OCCCCCC)cc2c3cc(OCCCCCC)c(OCCCCCC)cc3c3cc(OCCCCCC)c(OCCCCCC)cc3c12. The molecule has 72 heavy (non-hydrogen) atoms. The van der Waals surface area contributed by atoms with Gasteiger partial charge in [-0.2, -0.15) is 0 Å². The molecule has 4 aromatic rings. The number of benzene rings is 4. The minimum atomic E-state index is -0.00335. The maximum absolute atomic E-state index is 14.5. The summed E-state index contributed by atoms with van der Waals surface area (Å²) in [6.45, 7) is 19.2. The van der Waals surface area contributed by atoms with E-state index in [0.717, 1.165) is 184 Å². The Morgan fingerprint density at radius 2 is 0.583 bits per heavy atom. The zero-order valence-corrected chi connectivity index (χ0v) is 47.1. The van der Waals surface area contributed by atoms with E-state index >= 15 is 0 Å². The van der Waals surface area contributed by atoms with Crippen molar-refractivity contribution in [2.45, 2.75) is 254 Å². The molecule has 0 unspecified atom stereocenters. The van der Waals surface area contributed by atoms with Crippen LogP contribution >= 0.6 is 0 Å². The Kier molecular flexibility index (Phi) is 31.6. The molecule has 0 aliphatic carbocycles. The Labute approximate surface area is 439 Å². The second kappa shape index (κ2) is 37.6. The zero-order chi connectivity index (χ0) is 51.4. The van der Waals surface area contributed by atoms with Crippen molar-refractivity contribution in [3.8, 4) is 34.5 Å². The lowest BCUT2D eigenvalue weighted by Gasteiger charge is -2.23. The van der Waals surface area contributed by atoms with Gasteiger partial charge in [-0.05, 0) is 102 Å². The first-order valence-corrected chi connectivity index (χ1v) is 30.1. The van der Waals surface area contributed by atoms with Crippen molar-refractivity contribution in [2.24, 2.45) is 0 Å². The lowest BCUT2D eigenvalue weighted by atomic mass is 9.91. The van der Waals surface area contributed by atoms with Gasteiger partial charge in [-0.15, -0.1) is 0 Å². The van der Waals surface area contributed by atoms with E-state index in [-0.39, 0.29) is 5.91 Å². The number of anilines is 1. The van der Waals surface area contributed by atoms with Gasteiger partial charge in [0.15, 0.2) is 34.5 Å². The third-order valence-electron chi connectivity index (χ3n) is 14.1. The molecule has 0 fully saturated rings. The summed E-state index contributed by atoms with van der Waals surface area (Å²) in [5, 5.41) is 9.44. The maximum Gasteiger partial charge on any atom is 0.224 e. The number of carbonyl (C=O) groups is 1. The molecule has 0 saturated carbocycles. The van der Waals surface area contributed by atoms with Crippen LogP contribution in [0.2, 0.25) is 0 Å². The van der Waals surface area contributed by atoms with E-state index in [4.69, 9.17) is 28.4 Å². The molecule has 4 rings (SSSR count). The Morgan fingerprint density at radius 1 is 0.319 bits per heavy atom. The van der Waals surface area contributed by atoms with Crippen LogP contribution < -0.4 is 33.7 Å². The number of rotatable bonds is 45. The van der Waals surface area contributed by atoms with Crippen molar-refractivity contribution in [3.63, 3.8) is 0 Å². The average molecular weight is 999 g/mol. The highest BCUT2D eigenvalue weighted by molar-refractivity contribution is 6.31.